The van der Waals surface area contributed by atoms with Crippen molar-refractivity contribution in [2.45, 2.75) is 12.4 Å². The molecule has 2 aromatic carbocycles. The van der Waals surface area contributed by atoms with E-state index in [0.717, 1.165) is 24.3 Å². The summed E-state index contributed by atoms with van der Waals surface area (Å²) in [7, 11) is -0.957. The van der Waals surface area contributed by atoms with Crippen LogP contribution < -0.4 is 9.31 Å². The number of halogens is 6. The van der Waals surface area contributed by atoms with Crippen LogP contribution in [0.4, 0.5) is 26.3 Å². The minimum absolute atomic E-state index is 0.414. The first-order chi connectivity index (χ1) is 11.5. The third-order valence-electron chi connectivity index (χ3n) is 2.97. The number of rotatable bonds is 4. The lowest BCUT2D eigenvalue weighted by atomic mass is 10.1. The maximum atomic E-state index is 12.8. The predicted molar refractivity (Wildman–Crippen MR) is 74.6 cm³/mol. The van der Waals surface area contributed by atoms with Gasteiger partial charge in [0.05, 0.1) is 11.1 Å². The van der Waals surface area contributed by atoms with Crippen LogP contribution in [-0.4, -0.2) is 17.9 Å². The Morgan fingerprint density at radius 2 is 1.04 bits per heavy atom. The molecule has 2 N–H and O–H groups in total. The van der Waals surface area contributed by atoms with Gasteiger partial charge < -0.3 is 19.5 Å². The van der Waals surface area contributed by atoms with E-state index in [9.17, 15) is 26.3 Å². The zero-order valence-corrected chi connectivity index (χ0v) is 12.1. The van der Waals surface area contributed by atoms with E-state index in [2.05, 4.69) is 0 Å². The summed E-state index contributed by atoms with van der Waals surface area (Å²) in [5.74, 6) is -2.76. The molecule has 0 amide bonds. The van der Waals surface area contributed by atoms with Crippen LogP contribution in [0.25, 0.3) is 0 Å². The van der Waals surface area contributed by atoms with E-state index >= 15 is 0 Å². The second kappa shape index (κ2) is 6.65. The van der Waals surface area contributed by atoms with Gasteiger partial charge in [0.15, 0.2) is 0 Å². The van der Waals surface area contributed by atoms with Gasteiger partial charge in [0, 0.05) is 0 Å². The Morgan fingerprint density at radius 3 is 1.36 bits per heavy atom. The third-order valence-corrected chi connectivity index (χ3v) is 2.97. The highest BCUT2D eigenvalue weighted by molar-refractivity contribution is 6.20. The van der Waals surface area contributed by atoms with Gasteiger partial charge >= 0.3 is 20.0 Å². The summed E-state index contributed by atoms with van der Waals surface area (Å²) >= 11 is 0. The lowest BCUT2D eigenvalue weighted by Gasteiger charge is -2.16. The fourth-order valence-electron chi connectivity index (χ4n) is 1.89. The van der Waals surface area contributed by atoms with Crippen molar-refractivity contribution >= 4 is 7.69 Å². The molecule has 0 saturated carbocycles. The number of benzene rings is 2. The van der Waals surface area contributed by atoms with Gasteiger partial charge in [-0.1, -0.05) is 0 Å². The molecule has 0 aromatic heterocycles. The highest BCUT2D eigenvalue weighted by atomic mass is 19.4. The Morgan fingerprint density at radius 1 is 0.680 bits per heavy atom. The largest absolute Gasteiger partial charge is 0.576 e. The molecule has 0 atom stereocenters. The first-order valence-electron chi connectivity index (χ1n) is 6.54. The van der Waals surface area contributed by atoms with Crippen LogP contribution >= 0.6 is 0 Å². The third kappa shape index (κ3) is 4.64. The fourth-order valence-corrected chi connectivity index (χ4v) is 1.89. The zero-order chi connectivity index (χ0) is 18.8. The summed E-state index contributed by atoms with van der Waals surface area (Å²) in [4.78, 5) is 0. The van der Waals surface area contributed by atoms with E-state index in [4.69, 9.17) is 19.5 Å². The summed E-state index contributed by atoms with van der Waals surface area (Å²) in [6.07, 6.45) is -9.69. The molecule has 0 bridgehead atoms. The molecule has 2 aromatic rings. The van der Waals surface area contributed by atoms with E-state index < -0.39 is 54.2 Å². The molecule has 0 aliphatic rings. The molecule has 2 rings (SSSR count). The van der Waals surface area contributed by atoms with E-state index in [-0.39, 0.29) is 0 Å². The first-order valence-corrected chi connectivity index (χ1v) is 6.54. The van der Waals surface area contributed by atoms with E-state index in [1.807, 2.05) is 0 Å². The lowest BCUT2D eigenvalue weighted by Crippen LogP contribution is -2.17. The normalized spacial score (nSPS) is 11.9. The molecule has 25 heavy (non-hydrogen) atoms. The lowest BCUT2D eigenvalue weighted by molar-refractivity contribution is -0.139. The number of phenolic OH excluding ortho intramolecular Hbond substituents is 2. The number of aromatic hydroxyl groups is 2. The Kier molecular flexibility index (Phi) is 4.95. The van der Waals surface area contributed by atoms with Crippen molar-refractivity contribution in [3.63, 3.8) is 0 Å². The molecule has 0 spiro atoms. The van der Waals surface area contributed by atoms with Gasteiger partial charge in [-0.05, 0) is 36.4 Å². The average Bonchev–Trinajstić information content (AvgIpc) is 2.48. The number of hydrogen-bond acceptors (Lipinski definition) is 4. The molecular formula is C14H9BF6O4. The standard InChI is InChI=1S/C14H9BF6O4/c16-13(17,18)9-5-7(22)1-3-11(9)24-15-25-12-4-2-8(23)6-10(12)14(19,20)21/h1-6,15,22-23H. The van der Waals surface area contributed by atoms with Crippen LogP contribution in [0.2, 0.25) is 0 Å². The Bertz CT molecular complexity index is 696. The highest BCUT2D eigenvalue weighted by Crippen LogP contribution is 2.39. The van der Waals surface area contributed by atoms with Crippen LogP contribution in [0.3, 0.4) is 0 Å². The second-order valence-electron chi connectivity index (χ2n) is 4.76. The Labute approximate surface area is 137 Å². The zero-order valence-electron chi connectivity index (χ0n) is 12.1. The van der Waals surface area contributed by atoms with Crippen molar-refractivity contribution in [1.29, 1.82) is 0 Å². The number of alkyl halides is 6. The van der Waals surface area contributed by atoms with E-state index in [1.165, 1.54) is 0 Å². The maximum absolute atomic E-state index is 12.8. The molecule has 0 aliphatic heterocycles. The van der Waals surface area contributed by atoms with Crippen molar-refractivity contribution in [1.82, 2.24) is 0 Å². The molecule has 4 nitrogen and oxygen atoms in total. The quantitative estimate of drug-likeness (QED) is 0.638. The molecule has 0 unspecified atom stereocenters. The van der Waals surface area contributed by atoms with Crippen LogP contribution in [-0.2, 0) is 12.4 Å². The molecule has 0 heterocycles. The minimum atomic E-state index is -4.84. The summed E-state index contributed by atoms with van der Waals surface area (Å²) in [5.41, 5.74) is -2.62. The van der Waals surface area contributed by atoms with E-state index in [0.29, 0.717) is 12.1 Å². The minimum Gasteiger partial charge on any atom is -0.528 e. The monoisotopic (exact) mass is 366 g/mol. The first kappa shape index (κ1) is 18.6. The highest BCUT2D eigenvalue weighted by Gasteiger charge is 2.36. The van der Waals surface area contributed by atoms with Gasteiger partial charge in [-0.25, -0.2) is 0 Å². The number of hydrogen-bond donors (Lipinski definition) is 2. The number of phenols is 2. The van der Waals surface area contributed by atoms with Gasteiger partial charge in [-0.15, -0.1) is 0 Å². The maximum Gasteiger partial charge on any atom is 0.576 e. The fraction of sp³-hybridized carbons (Fsp3) is 0.143. The summed E-state index contributed by atoms with van der Waals surface area (Å²) in [6, 6.07) is 4.29. The van der Waals surface area contributed by atoms with Gasteiger partial charge in [0.1, 0.15) is 23.0 Å². The molecular weight excluding hydrogens is 357 g/mol. The van der Waals surface area contributed by atoms with Gasteiger partial charge in [0.25, 0.3) is 0 Å². The van der Waals surface area contributed by atoms with Crippen LogP contribution in [0.1, 0.15) is 11.1 Å². The van der Waals surface area contributed by atoms with Crippen molar-refractivity contribution in [3.8, 4) is 23.0 Å². The smallest absolute Gasteiger partial charge is 0.528 e. The molecule has 134 valence electrons. The molecule has 11 heteroatoms. The van der Waals surface area contributed by atoms with Gasteiger partial charge in [0.2, 0.25) is 0 Å². The van der Waals surface area contributed by atoms with Crippen LogP contribution in [0.5, 0.6) is 23.0 Å². The summed E-state index contributed by atoms with van der Waals surface area (Å²) < 4.78 is 86.5. The van der Waals surface area contributed by atoms with Gasteiger partial charge in [-0.2, -0.15) is 26.3 Å². The molecule has 0 aliphatic carbocycles. The van der Waals surface area contributed by atoms with Crippen molar-refractivity contribution in [2.75, 3.05) is 0 Å². The SMILES string of the molecule is Oc1ccc(OBOc2ccc(O)cc2C(F)(F)F)c(C(F)(F)F)c1. The predicted octanol–water partition coefficient (Wildman–Crippen LogP) is 3.86. The second-order valence-corrected chi connectivity index (χ2v) is 4.76. The average molecular weight is 366 g/mol. The van der Waals surface area contributed by atoms with Crippen LogP contribution in [0, 0.1) is 0 Å². The Hall–Kier alpha value is -2.72. The summed E-state index contributed by atoms with van der Waals surface area (Å²) in [6.45, 7) is 0. The van der Waals surface area contributed by atoms with Crippen molar-refractivity contribution in [3.05, 3.63) is 47.5 Å². The molecule has 0 saturated heterocycles. The molecule has 0 radical (unpaired) electrons. The molecule has 0 fully saturated rings. The van der Waals surface area contributed by atoms with Gasteiger partial charge in [-0.3, -0.25) is 0 Å². The van der Waals surface area contributed by atoms with E-state index in [1.54, 1.807) is 0 Å². The van der Waals surface area contributed by atoms with Crippen LogP contribution in [0.15, 0.2) is 36.4 Å². The van der Waals surface area contributed by atoms with Crippen molar-refractivity contribution < 1.29 is 45.9 Å². The Balaban J connectivity index is 2.18. The topological polar surface area (TPSA) is 58.9 Å². The summed E-state index contributed by atoms with van der Waals surface area (Å²) in [5, 5.41) is 18.2. The van der Waals surface area contributed by atoms with Crippen molar-refractivity contribution in [2.24, 2.45) is 0 Å².